The molecule has 2 aromatic carbocycles. The first-order valence-corrected chi connectivity index (χ1v) is 18.0. The molecule has 6 rings (SSSR count). The number of fused-ring (bicyclic) bond motifs is 2. The van der Waals surface area contributed by atoms with Crippen molar-refractivity contribution in [2.24, 2.45) is 22.7 Å². The molecule has 2 aliphatic carbocycles. The number of esters is 2. The maximum atomic E-state index is 15.5. The first-order valence-electron chi connectivity index (χ1n) is 18.0. The van der Waals surface area contributed by atoms with E-state index in [9.17, 15) is 9.59 Å². The summed E-state index contributed by atoms with van der Waals surface area (Å²) in [4.78, 5) is 32.5. The minimum atomic E-state index is -1.14. The van der Waals surface area contributed by atoms with Crippen molar-refractivity contribution in [2.75, 3.05) is 40.3 Å². The smallest absolute Gasteiger partial charge is 0.331 e. The van der Waals surface area contributed by atoms with E-state index < -0.39 is 34.0 Å². The van der Waals surface area contributed by atoms with Gasteiger partial charge in [0.2, 0.25) is 0 Å². The summed E-state index contributed by atoms with van der Waals surface area (Å²) < 4.78 is 44.2. The predicted octanol–water partition coefficient (Wildman–Crippen LogP) is 7.83. The molecule has 0 spiro atoms. The van der Waals surface area contributed by atoms with Crippen LogP contribution in [0, 0.1) is 34.3 Å². The van der Waals surface area contributed by atoms with Gasteiger partial charge in [-0.1, -0.05) is 65.1 Å². The summed E-state index contributed by atoms with van der Waals surface area (Å²) in [6, 6.07) is 6.33. The van der Waals surface area contributed by atoms with E-state index in [0.717, 1.165) is 75.1 Å². The van der Waals surface area contributed by atoms with Gasteiger partial charge in [-0.2, -0.15) is 0 Å². The van der Waals surface area contributed by atoms with Gasteiger partial charge in [-0.15, -0.1) is 0 Å². The average Bonchev–Trinajstić information content (AvgIpc) is 3.46. The van der Waals surface area contributed by atoms with Gasteiger partial charge in [0.05, 0.1) is 0 Å². The van der Waals surface area contributed by atoms with Crippen LogP contribution in [0.5, 0.6) is 0 Å². The molecule has 2 heterocycles. The Labute approximate surface area is 296 Å². The summed E-state index contributed by atoms with van der Waals surface area (Å²) in [5.74, 6) is -2.18. The highest BCUT2D eigenvalue weighted by molar-refractivity contribution is 5.92. The first-order chi connectivity index (χ1) is 23.6. The molecule has 2 aliphatic heterocycles. The van der Waals surface area contributed by atoms with Crippen LogP contribution in [-0.2, 0) is 43.1 Å². The van der Waals surface area contributed by atoms with Crippen LogP contribution in [0.3, 0.4) is 0 Å². The highest BCUT2D eigenvalue weighted by atomic mass is 19.1. The Hall–Kier alpha value is -3.62. The summed E-state index contributed by atoms with van der Waals surface area (Å²) in [5, 5.41) is 0. The van der Waals surface area contributed by atoms with Crippen molar-refractivity contribution in [3.8, 4) is 0 Å². The second-order valence-corrected chi connectivity index (χ2v) is 16.3. The lowest BCUT2D eigenvalue weighted by Gasteiger charge is -2.49. The number of halogens is 2. The van der Waals surface area contributed by atoms with E-state index in [2.05, 4.69) is 37.1 Å². The Morgan fingerprint density at radius 3 is 1.34 bits per heavy atom. The molecule has 8 heteroatoms. The molecule has 0 aromatic heterocycles. The fraction of sp³-hybridized carbons (Fsp3) is 0.524. The van der Waals surface area contributed by atoms with E-state index in [0.29, 0.717) is 35.1 Å². The molecule has 2 aromatic rings. The van der Waals surface area contributed by atoms with Gasteiger partial charge in [-0.05, 0) is 113 Å². The van der Waals surface area contributed by atoms with Crippen LogP contribution in [0.25, 0.3) is 12.2 Å². The third kappa shape index (κ3) is 5.67. The molecule has 0 radical (unpaired) electrons. The number of ether oxygens (including phenoxy) is 2. The second kappa shape index (κ2) is 13.2. The van der Waals surface area contributed by atoms with Gasteiger partial charge in [-0.3, -0.25) is 0 Å². The van der Waals surface area contributed by atoms with Crippen LogP contribution in [0.1, 0.15) is 86.8 Å². The zero-order valence-corrected chi connectivity index (χ0v) is 30.5. The molecule has 0 N–H and O–H groups in total. The zero-order chi connectivity index (χ0) is 36.2. The van der Waals surface area contributed by atoms with Crippen molar-refractivity contribution < 1.29 is 27.8 Å². The SMILES string of the molecule is C=Cc1ccc(F)c2c1C(OC(=O)/C=C/C(=O)OC1(C3CCN(C)CC3)c3c(C=C)ccc(F)c3CC1(C)C)(C1CCN(C)CC1)C(C)(C)C2. The Bertz CT molecular complexity index is 1610. The molecule has 2 fully saturated rings. The van der Waals surface area contributed by atoms with Crippen LogP contribution >= 0.6 is 0 Å². The number of benzene rings is 2. The van der Waals surface area contributed by atoms with Gasteiger partial charge in [0.1, 0.15) is 22.8 Å². The predicted molar refractivity (Wildman–Crippen MR) is 193 cm³/mol. The normalized spacial score (nSPS) is 26.8. The Morgan fingerprint density at radius 2 is 1.02 bits per heavy atom. The van der Waals surface area contributed by atoms with Crippen LogP contribution in [-0.4, -0.2) is 62.0 Å². The quantitative estimate of drug-likeness (QED) is 0.209. The molecule has 0 bridgehead atoms. The lowest BCUT2D eigenvalue weighted by Crippen LogP contribution is -2.52. The first kappa shape index (κ1) is 36.2. The number of likely N-dealkylation sites (tertiary alicyclic amines) is 2. The van der Waals surface area contributed by atoms with Crippen molar-refractivity contribution in [3.63, 3.8) is 0 Å². The Kier molecular flexibility index (Phi) is 9.53. The van der Waals surface area contributed by atoms with Crippen molar-refractivity contribution in [1.29, 1.82) is 0 Å². The van der Waals surface area contributed by atoms with E-state index in [1.54, 1.807) is 24.3 Å². The summed E-state index contributed by atoms with van der Waals surface area (Å²) in [7, 11) is 4.14. The van der Waals surface area contributed by atoms with Gasteiger partial charge in [-0.25, -0.2) is 18.4 Å². The van der Waals surface area contributed by atoms with Crippen molar-refractivity contribution in [1.82, 2.24) is 9.80 Å². The molecule has 2 atom stereocenters. The molecule has 0 amide bonds. The minimum absolute atomic E-state index is 0.0736. The average molecular weight is 687 g/mol. The summed E-state index contributed by atoms with van der Waals surface area (Å²) in [6.45, 7) is 19.4. The van der Waals surface area contributed by atoms with Crippen molar-refractivity contribution in [3.05, 3.63) is 94.6 Å². The molecule has 268 valence electrons. The number of hydrogen-bond acceptors (Lipinski definition) is 6. The third-order valence-corrected chi connectivity index (χ3v) is 12.5. The largest absolute Gasteiger partial charge is 0.450 e. The van der Waals surface area contributed by atoms with E-state index in [4.69, 9.17) is 9.47 Å². The monoisotopic (exact) mass is 686 g/mol. The zero-order valence-electron chi connectivity index (χ0n) is 30.5. The number of carbonyl (C=O) groups is 2. The molecule has 2 saturated heterocycles. The molecule has 2 unspecified atom stereocenters. The molecule has 50 heavy (non-hydrogen) atoms. The van der Waals surface area contributed by atoms with Gasteiger partial charge < -0.3 is 19.3 Å². The fourth-order valence-electron chi connectivity index (χ4n) is 10.1. The third-order valence-electron chi connectivity index (χ3n) is 12.5. The topological polar surface area (TPSA) is 59.1 Å². The van der Waals surface area contributed by atoms with E-state index in [-0.39, 0.29) is 23.5 Å². The highest BCUT2D eigenvalue weighted by Gasteiger charge is 2.62. The number of carbonyl (C=O) groups excluding carboxylic acids is 2. The standard InChI is InChI=1S/C42H52F2N2O4/c1-9-27-11-13-33(43)31-25-39(3,4)41(37(27)31,29-17-21-45(7)22-18-29)49-35(47)15-16-36(48)50-42(30-19-23-46(8)24-20-30)38-28(10-2)12-14-34(44)32(38)26-40(42,5)6/h9-16,29-30H,1-2,17-26H2,3-8H3/b16-15+. The summed E-state index contributed by atoms with van der Waals surface area (Å²) in [5.41, 5.74) is 0.398. The molecule has 4 aliphatic rings. The number of rotatable bonds is 8. The summed E-state index contributed by atoms with van der Waals surface area (Å²) in [6.07, 6.45) is 9.55. The highest BCUT2D eigenvalue weighted by Crippen LogP contribution is 2.61. The number of nitrogens with zero attached hydrogens (tertiary/aromatic N) is 2. The van der Waals surface area contributed by atoms with Crippen LogP contribution < -0.4 is 0 Å². The maximum absolute atomic E-state index is 15.5. The van der Waals surface area contributed by atoms with Gasteiger partial charge in [0, 0.05) is 45.9 Å². The Balaban J connectivity index is 1.37. The molecule has 0 saturated carbocycles. The second-order valence-electron chi connectivity index (χ2n) is 16.3. The van der Waals surface area contributed by atoms with E-state index in [1.807, 2.05) is 27.7 Å². The van der Waals surface area contributed by atoms with Crippen LogP contribution in [0.4, 0.5) is 8.78 Å². The van der Waals surface area contributed by atoms with Gasteiger partial charge in [0.15, 0.2) is 0 Å². The lowest BCUT2D eigenvalue weighted by atomic mass is 9.64. The number of hydrogen-bond donors (Lipinski definition) is 0. The fourth-order valence-corrected chi connectivity index (χ4v) is 10.1. The van der Waals surface area contributed by atoms with Crippen LogP contribution in [0.2, 0.25) is 0 Å². The van der Waals surface area contributed by atoms with Crippen molar-refractivity contribution >= 4 is 24.1 Å². The van der Waals surface area contributed by atoms with E-state index >= 15 is 8.78 Å². The van der Waals surface area contributed by atoms with E-state index in [1.165, 1.54) is 12.1 Å². The lowest BCUT2D eigenvalue weighted by molar-refractivity contribution is -0.188. The number of piperidine rings is 2. The van der Waals surface area contributed by atoms with Crippen LogP contribution in [0.15, 0.2) is 49.6 Å². The maximum Gasteiger partial charge on any atom is 0.331 e. The molecular weight excluding hydrogens is 634 g/mol. The summed E-state index contributed by atoms with van der Waals surface area (Å²) >= 11 is 0. The Morgan fingerprint density at radius 1 is 0.680 bits per heavy atom. The van der Waals surface area contributed by atoms with Gasteiger partial charge >= 0.3 is 11.9 Å². The van der Waals surface area contributed by atoms with Crippen molar-refractivity contribution in [2.45, 2.75) is 77.4 Å². The minimum Gasteiger partial charge on any atom is -0.450 e. The molecular formula is C42H52F2N2O4. The molecule has 6 nitrogen and oxygen atoms in total. The van der Waals surface area contributed by atoms with Gasteiger partial charge in [0.25, 0.3) is 0 Å².